The van der Waals surface area contributed by atoms with Crippen LogP contribution in [0.4, 0.5) is 0 Å². The van der Waals surface area contributed by atoms with Gasteiger partial charge in [-0.05, 0) is 37.6 Å². The molecule has 0 spiro atoms. The molecule has 2 unspecified atom stereocenters. The van der Waals surface area contributed by atoms with Crippen LogP contribution < -0.4 is 5.32 Å². The summed E-state index contributed by atoms with van der Waals surface area (Å²) in [7, 11) is 0. The molecule has 1 heterocycles. The maximum absolute atomic E-state index is 3.78. The van der Waals surface area contributed by atoms with E-state index in [1.807, 2.05) is 0 Å². The van der Waals surface area contributed by atoms with E-state index >= 15 is 0 Å². The zero-order chi connectivity index (χ0) is 14.0. The van der Waals surface area contributed by atoms with Crippen LogP contribution in [0.25, 0.3) is 0 Å². The van der Waals surface area contributed by atoms with Gasteiger partial charge in [0.1, 0.15) is 0 Å². The quantitative estimate of drug-likeness (QED) is 0.474. The zero-order valence-electron chi connectivity index (χ0n) is 13.8. The van der Waals surface area contributed by atoms with Gasteiger partial charge in [-0.2, -0.15) is 0 Å². The summed E-state index contributed by atoms with van der Waals surface area (Å²) in [5.74, 6) is 0. The number of nitrogens with one attached hydrogen (secondary N) is 1. The monoisotopic (exact) mass is 267 g/mol. The summed E-state index contributed by atoms with van der Waals surface area (Å²) in [4.78, 5) is 0. The van der Waals surface area contributed by atoms with Gasteiger partial charge in [-0.1, -0.05) is 72.1 Å². The highest BCUT2D eigenvalue weighted by molar-refractivity contribution is 4.91. The molecule has 1 fully saturated rings. The van der Waals surface area contributed by atoms with E-state index in [9.17, 15) is 0 Å². The molecule has 19 heavy (non-hydrogen) atoms. The average Bonchev–Trinajstić information content (AvgIpc) is 2.93. The van der Waals surface area contributed by atoms with E-state index in [1.165, 1.54) is 83.6 Å². The fourth-order valence-electron chi connectivity index (χ4n) is 3.66. The van der Waals surface area contributed by atoms with Crippen LogP contribution in [0.3, 0.4) is 0 Å². The Morgan fingerprint density at radius 1 is 0.895 bits per heavy atom. The molecule has 0 radical (unpaired) electrons. The molecule has 0 amide bonds. The predicted octanol–water partition coefficient (Wildman–Crippen LogP) is 5.69. The normalized spacial score (nSPS) is 22.6. The van der Waals surface area contributed by atoms with Crippen LogP contribution in [0.5, 0.6) is 0 Å². The van der Waals surface area contributed by atoms with Crippen LogP contribution in [0.2, 0.25) is 0 Å². The fraction of sp³-hybridized carbons (Fsp3) is 1.00. The Bertz CT molecular complexity index is 208. The summed E-state index contributed by atoms with van der Waals surface area (Å²) in [6, 6.07) is 0.801. The molecular weight excluding hydrogens is 230 g/mol. The topological polar surface area (TPSA) is 12.0 Å². The maximum atomic E-state index is 3.78. The molecule has 0 saturated carbocycles. The van der Waals surface area contributed by atoms with Gasteiger partial charge >= 0.3 is 0 Å². The molecule has 1 rings (SSSR count). The Balaban J connectivity index is 2.34. The lowest BCUT2D eigenvalue weighted by Gasteiger charge is -2.36. The lowest BCUT2D eigenvalue weighted by atomic mass is 9.73. The van der Waals surface area contributed by atoms with E-state index in [4.69, 9.17) is 0 Å². The minimum Gasteiger partial charge on any atom is -0.313 e. The van der Waals surface area contributed by atoms with E-state index in [1.54, 1.807) is 0 Å². The standard InChI is InChI=1S/C18H37N/c1-4-6-8-9-11-15-18(3,14-10-7-5-2)17-13-12-16-19-17/h17,19H,4-16H2,1-3H3. The number of unbranched alkanes of at least 4 members (excludes halogenated alkanes) is 6. The first-order chi connectivity index (χ1) is 9.23. The summed E-state index contributed by atoms with van der Waals surface area (Å²) in [6.45, 7) is 8.43. The van der Waals surface area contributed by atoms with Crippen LogP contribution in [-0.2, 0) is 0 Å². The smallest absolute Gasteiger partial charge is 0.0121 e. The van der Waals surface area contributed by atoms with Crippen LogP contribution in [0.1, 0.15) is 97.8 Å². The second kappa shape index (κ2) is 9.80. The highest BCUT2D eigenvalue weighted by Crippen LogP contribution is 2.38. The lowest BCUT2D eigenvalue weighted by Crippen LogP contribution is -2.39. The van der Waals surface area contributed by atoms with E-state index in [-0.39, 0.29) is 0 Å². The van der Waals surface area contributed by atoms with Crippen molar-refractivity contribution in [1.82, 2.24) is 5.32 Å². The van der Waals surface area contributed by atoms with E-state index in [0.29, 0.717) is 5.41 Å². The van der Waals surface area contributed by atoms with Crippen molar-refractivity contribution in [3.05, 3.63) is 0 Å². The highest BCUT2D eigenvalue weighted by Gasteiger charge is 2.34. The summed E-state index contributed by atoms with van der Waals surface area (Å²) in [5.41, 5.74) is 0.567. The molecule has 0 bridgehead atoms. The summed E-state index contributed by atoms with van der Waals surface area (Å²) in [5, 5.41) is 3.78. The zero-order valence-corrected chi connectivity index (χ0v) is 13.8. The highest BCUT2D eigenvalue weighted by atomic mass is 15.0. The first kappa shape index (κ1) is 17.0. The summed E-state index contributed by atoms with van der Waals surface area (Å²) in [6.07, 6.45) is 17.0. The van der Waals surface area contributed by atoms with Crippen molar-refractivity contribution in [3.63, 3.8) is 0 Å². The first-order valence-electron chi connectivity index (χ1n) is 8.96. The van der Waals surface area contributed by atoms with Crippen LogP contribution in [0, 0.1) is 5.41 Å². The van der Waals surface area contributed by atoms with Gasteiger partial charge in [0.2, 0.25) is 0 Å². The SMILES string of the molecule is CCCCCCCC(C)(CCCCC)C1CCCN1. The van der Waals surface area contributed by atoms with E-state index in [2.05, 4.69) is 26.1 Å². The molecule has 1 nitrogen and oxygen atoms in total. The molecular formula is C18H37N. The summed E-state index contributed by atoms with van der Waals surface area (Å²) >= 11 is 0. The molecule has 1 aliphatic heterocycles. The van der Waals surface area contributed by atoms with Crippen molar-refractivity contribution < 1.29 is 0 Å². The van der Waals surface area contributed by atoms with Crippen molar-refractivity contribution in [2.75, 3.05) is 6.54 Å². The van der Waals surface area contributed by atoms with Crippen LogP contribution in [-0.4, -0.2) is 12.6 Å². The second-order valence-corrected chi connectivity index (χ2v) is 6.92. The molecule has 0 aromatic rings. The molecule has 1 aliphatic rings. The minimum absolute atomic E-state index is 0.567. The molecule has 0 aliphatic carbocycles. The number of hydrogen-bond acceptors (Lipinski definition) is 1. The van der Waals surface area contributed by atoms with E-state index < -0.39 is 0 Å². The molecule has 2 atom stereocenters. The van der Waals surface area contributed by atoms with E-state index in [0.717, 1.165) is 6.04 Å². The second-order valence-electron chi connectivity index (χ2n) is 6.92. The molecule has 1 saturated heterocycles. The molecule has 1 heteroatoms. The average molecular weight is 268 g/mol. The third-order valence-corrected chi connectivity index (χ3v) is 5.10. The van der Waals surface area contributed by atoms with Crippen molar-refractivity contribution >= 4 is 0 Å². The van der Waals surface area contributed by atoms with Gasteiger partial charge in [-0.15, -0.1) is 0 Å². The Morgan fingerprint density at radius 2 is 1.47 bits per heavy atom. The van der Waals surface area contributed by atoms with Gasteiger partial charge < -0.3 is 5.32 Å². The van der Waals surface area contributed by atoms with Crippen molar-refractivity contribution in [1.29, 1.82) is 0 Å². The van der Waals surface area contributed by atoms with Crippen molar-refractivity contribution in [2.45, 2.75) is 104 Å². The van der Waals surface area contributed by atoms with Gasteiger partial charge in [0, 0.05) is 6.04 Å². The Morgan fingerprint density at radius 3 is 2.05 bits per heavy atom. The third-order valence-electron chi connectivity index (χ3n) is 5.10. The van der Waals surface area contributed by atoms with Gasteiger partial charge in [0.15, 0.2) is 0 Å². The predicted molar refractivity (Wildman–Crippen MR) is 86.6 cm³/mol. The lowest BCUT2D eigenvalue weighted by molar-refractivity contribution is 0.183. The van der Waals surface area contributed by atoms with Gasteiger partial charge in [0.05, 0.1) is 0 Å². The Hall–Kier alpha value is -0.0400. The summed E-state index contributed by atoms with van der Waals surface area (Å²) < 4.78 is 0. The Labute approximate surface area is 121 Å². The number of hydrogen-bond donors (Lipinski definition) is 1. The van der Waals surface area contributed by atoms with Crippen LogP contribution >= 0.6 is 0 Å². The van der Waals surface area contributed by atoms with Gasteiger partial charge in [-0.3, -0.25) is 0 Å². The third kappa shape index (κ3) is 6.29. The maximum Gasteiger partial charge on any atom is 0.0121 e. The fourth-order valence-corrected chi connectivity index (χ4v) is 3.66. The van der Waals surface area contributed by atoms with Crippen molar-refractivity contribution in [3.8, 4) is 0 Å². The molecule has 114 valence electrons. The minimum atomic E-state index is 0.567. The molecule has 1 N–H and O–H groups in total. The van der Waals surface area contributed by atoms with Crippen LogP contribution in [0.15, 0.2) is 0 Å². The Kier molecular flexibility index (Phi) is 8.77. The number of rotatable bonds is 11. The van der Waals surface area contributed by atoms with Gasteiger partial charge in [0.25, 0.3) is 0 Å². The molecule has 0 aromatic heterocycles. The first-order valence-corrected chi connectivity index (χ1v) is 8.96. The largest absolute Gasteiger partial charge is 0.313 e. The molecule has 0 aromatic carbocycles. The van der Waals surface area contributed by atoms with Gasteiger partial charge in [-0.25, -0.2) is 0 Å². The van der Waals surface area contributed by atoms with Crippen molar-refractivity contribution in [2.24, 2.45) is 5.41 Å².